The van der Waals surface area contributed by atoms with Gasteiger partial charge < -0.3 is 19.5 Å². The third-order valence-corrected chi connectivity index (χ3v) is 2.15. The molecule has 1 rings (SSSR count). The maximum absolute atomic E-state index is 11.8. The highest BCUT2D eigenvalue weighted by molar-refractivity contribution is 5.67. The van der Waals surface area contributed by atoms with Crippen LogP contribution >= 0.6 is 0 Å². The zero-order valence-corrected chi connectivity index (χ0v) is 10.2. The molecule has 0 saturated carbocycles. The number of halogens is 3. The first kappa shape index (κ1) is 14.9. The van der Waals surface area contributed by atoms with Crippen LogP contribution in [0.5, 0.6) is 11.5 Å². The lowest BCUT2D eigenvalue weighted by molar-refractivity contribution is -0.291. The van der Waals surface area contributed by atoms with E-state index in [1.165, 1.54) is 14.2 Å². The molecule has 19 heavy (non-hydrogen) atoms. The van der Waals surface area contributed by atoms with Gasteiger partial charge in [0.15, 0.2) is 0 Å². The van der Waals surface area contributed by atoms with Gasteiger partial charge in [0.2, 0.25) is 0 Å². The topological polar surface area (TPSA) is 56.8 Å². The van der Waals surface area contributed by atoms with Crippen molar-refractivity contribution < 1.29 is 32.2 Å². The van der Waals surface area contributed by atoms with Crippen molar-refractivity contribution in [2.24, 2.45) is 0 Å². The Bertz CT molecular complexity index is 426. The standard InChI is InChI=1S/C11H12F3NO4/c1-17-8-4-3-5-9(18-2)7(8)6-15-10(16)19-11(12,13)14/h3-5H,6H2,1-2H3,(H,15,16). The lowest BCUT2D eigenvalue weighted by atomic mass is 10.1. The molecule has 0 heterocycles. The molecule has 0 aliphatic rings. The van der Waals surface area contributed by atoms with Crippen LogP contribution in [0.15, 0.2) is 18.2 Å². The molecule has 0 unspecified atom stereocenters. The van der Waals surface area contributed by atoms with E-state index in [0.29, 0.717) is 17.1 Å². The number of hydrogen-bond donors (Lipinski definition) is 1. The molecule has 0 bridgehead atoms. The number of nitrogens with one attached hydrogen (secondary N) is 1. The number of benzene rings is 1. The molecule has 1 aromatic rings. The predicted octanol–water partition coefficient (Wildman–Crippen LogP) is 2.45. The Kier molecular flexibility index (Phi) is 4.85. The first-order valence-electron chi connectivity index (χ1n) is 5.11. The number of amides is 1. The highest BCUT2D eigenvalue weighted by Gasteiger charge is 2.34. The summed E-state index contributed by atoms with van der Waals surface area (Å²) in [6, 6.07) is 4.83. The molecule has 8 heteroatoms. The molecular weight excluding hydrogens is 267 g/mol. The van der Waals surface area contributed by atoms with E-state index in [4.69, 9.17) is 9.47 Å². The van der Waals surface area contributed by atoms with E-state index in [2.05, 4.69) is 4.74 Å². The summed E-state index contributed by atoms with van der Waals surface area (Å²) in [7, 11) is 2.79. The van der Waals surface area contributed by atoms with Crippen LogP contribution in [0.25, 0.3) is 0 Å². The molecule has 0 saturated heterocycles. The Morgan fingerprint density at radius 3 is 2.16 bits per heavy atom. The Labute approximate surface area is 107 Å². The Balaban J connectivity index is 2.74. The smallest absolute Gasteiger partial charge is 0.496 e. The maximum Gasteiger partial charge on any atom is 0.576 e. The number of carbonyl (C=O) groups excluding carboxylic acids is 1. The van der Waals surface area contributed by atoms with E-state index in [1.807, 2.05) is 5.32 Å². The molecule has 106 valence electrons. The molecule has 1 N–H and O–H groups in total. The van der Waals surface area contributed by atoms with Crippen LogP contribution in [0.4, 0.5) is 18.0 Å². The third kappa shape index (κ3) is 4.57. The van der Waals surface area contributed by atoms with Crippen molar-refractivity contribution in [3.05, 3.63) is 23.8 Å². The summed E-state index contributed by atoms with van der Waals surface area (Å²) in [5.41, 5.74) is 0.409. The van der Waals surface area contributed by atoms with Crippen LogP contribution in [0, 0.1) is 0 Å². The molecule has 0 atom stereocenters. The summed E-state index contributed by atoms with van der Waals surface area (Å²) in [6.45, 7) is -0.220. The van der Waals surface area contributed by atoms with Crippen molar-refractivity contribution in [2.45, 2.75) is 12.9 Å². The Morgan fingerprint density at radius 1 is 1.21 bits per heavy atom. The second kappa shape index (κ2) is 6.17. The van der Waals surface area contributed by atoms with Gasteiger partial charge in [-0.2, -0.15) is 0 Å². The van der Waals surface area contributed by atoms with Crippen molar-refractivity contribution in [1.29, 1.82) is 0 Å². The van der Waals surface area contributed by atoms with E-state index in [-0.39, 0.29) is 6.54 Å². The molecule has 0 aliphatic carbocycles. The molecule has 0 aromatic heterocycles. The van der Waals surface area contributed by atoms with Crippen LogP contribution in [0.3, 0.4) is 0 Å². The van der Waals surface area contributed by atoms with Crippen molar-refractivity contribution in [3.63, 3.8) is 0 Å². The highest BCUT2D eigenvalue weighted by Crippen LogP contribution is 2.28. The van der Waals surface area contributed by atoms with Crippen molar-refractivity contribution >= 4 is 6.09 Å². The third-order valence-electron chi connectivity index (χ3n) is 2.15. The van der Waals surface area contributed by atoms with Gasteiger partial charge in [-0.05, 0) is 12.1 Å². The van der Waals surface area contributed by atoms with E-state index in [1.54, 1.807) is 18.2 Å². The van der Waals surface area contributed by atoms with Crippen molar-refractivity contribution in [2.75, 3.05) is 14.2 Å². The number of rotatable bonds is 4. The number of ether oxygens (including phenoxy) is 3. The summed E-state index contributed by atoms with van der Waals surface area (Å²) >= 11 is 0. The van der Waals surface area contributed by atoms with Gasteiger partial charge in [-0.3, -0.25) is 0 Å². The van der Waals surface area contributed by atoms with Crippen LogP contribution < -0.4 is 14.8 Å². The molecule has 0 fully saturated rings. The van der Waals surface area contributed by atoms with Crippen LogP contribution in [-0.4, -0.2) is 26.7 Å². The summed E-state index contributed by atoms with van der Waals surface area (Å²) in [5, 5.41) is 1.96. The summed E-state index contributed by atoms with van der Waals surface area (Å²) in [5.74, 6) is 0.762. The number of hydrogen-bond acceptors (Lipinski definition) is 4. The fourth-order valence-electron chi connectivity index (χ4n) is 1.40. The zero-order chi connectivity index (χ0) is 14.5. The van der Waals surface area contributed by atoms with Crippen molar-refractivity contribution in [1.82, 2.24) is 5.32 Å². The normalized spacial score (nSPS) is 10.8. The quantitative estimate of drug-likeness (QED) is 0.919. The van der Waals surface area contributed by atoms with E-state index >= 15 is 0 Å². The molecule has 0 aliphatic heterocycles. The number of methoxy groups -OCH3 is 2. The van der Waals surface area contributed by atoms with Crippen LogP contribution in [0.1, 0.15) is 5.56 Å². The first-order chi connectivity index (χ1) is 8.87. The average molecular weight is 279 g/mol. The summed E-state index contributed by atoms with van der Waals surface area (Å²) < 4.78 is 48.6. The minimum atomic E-state index is -5.02. The second-order valence-corrected chi connectivity index (χ2v) is 3.33. The van der Waals surface area contributed by atoms with Gasteiger partial charge >= 0.3 is 12.5 Å². The molecule has 1 aromatic carbocycles. The Hall–Kier alpha value is -2.12. The maximum atomic E-state index is 11.8. The zero-order valence-electron chi connectivity index (χ0n) is 10.2. The first-order valence-corrected chi connectivity index (χ1v) is 5.11. The molecule has 5 nitrogen and oxygen atoms in total. The Morgan fingerprint density at radius 2 is 1.74 bits per heavy atom. The minimum absolute atomic E-state index is 0.220. The van der Waals surface area contributed by atoms with E-state index in [0.717, 1.165) is 0 Å². The van der Waals surface area contributed by atoms with Crippen LogP contribution in [-0.2, 0) is 11.3 Å². The molecule has 0 radical (unpaired) electrons. The predicted molar refractivity (Wildman–Crippen MR) is 58.9 cm³/mol. The SMILES string of the molecule is COc1cccc(OC)c1CNC(=O)OC(F)(F)F. The number of alkyl halides is 3. The largest absolute Gasteiger partial charge is 0.576 e. The van der Waals surface area contributed by atoms with E-state index < -0.39 is 12.5 Å². The van der Waals surface area contributed by atoms with Crippen LogP contribution in [0.2, 0.25) is 0 Å². The van der Waals surface area contributed by atoms with Gasteiger partial charge in [0.25, 0.3) is 0 Å². The monoisotopic (exact) mass is 279 g/mol. The highest BCUT2D eigenvalue weighted by atomic mass is 19.4. The molecule has 0 spiro atoms. The number of alkyl carbamates (subject to hydrolysis) is 1. The summed E-state index contributed by atoms with van der Waals surface area (Å²) in [4.78, 5) is 10.9. The molecular formula is C11H12F3NO4. The lowest BCUT2D eigenvalue weighted by Gasteiger charge is -2.14. The minimum Gasteiger partial charge on any atom is -0.496 e. The van der Waals surface area contributed by atoms with Gasteiger partial charge in [0.05, 0.1) is 26.3 Å². The fraction of sp³-hybridized carbons (Fsp3) is 0.364. The van der Waals surface area contributed by atoms with Gasteiger partial charge in [-0.1, -0.05) is 6.07 Å². The van der Waals surface area contributed by atoms with Gasteiger partial charge in [0, 0.05) is 0 Å². The molecule has 1 amide bonds. The van der Waals surface area contributed by atoms with Gasteiger partial charge in [-0.15, -0.1) is 13.2 Å². The number of carbonyl (C=O) groups is 1. The van der Waals surface area contributed by atoms with Crippen molar-refractivity contribution in [3.8, 4) is 11.5 Å². The fourth-order valence-corrected chi connectivity index (χ4v) is 1.40. The lowest BCUT2D eigenvalue weighted by Crippen LogP contribution is -2.30. The van der Waals surface area contributed by atoms with Gasteiger partial charge in [-0.25, -0.2) is 4.79 Å². The second-order valence-electron chi connectivity index (χ2n) is 3.33. The summed E-state index contributed by atoms with van der Waals surface area (Å²) in [6.07, 6.45) is -6.62. The van der Waals surface area contributed by atoms with Gasteiger partial charge in [0.1, 0.15) is 11.5 Å². The van der Waals surface area contributed by atoms with E-state index in [9.17, 15) is 18.0 Å². The average Bonchev–Trinajstić information content (AvgIpc) is 2.33.